The number of rotatable bonds is 5. The van der Waals surface area contributed by atoms with Crippen molar-refractivity contribution in [3.63, 3.8) is 0 Å². The van der Waals surface area contributed by atoms with E-state index in [1.165, 1.54) is 16.8 Å². The Morgan fingerprint density at radius 1 is 1.21 bits per heavy atom. The van der Waals surface area contributed by atoms with Crippen molar-refractivity contribution in [3.05, 3.63) is 71.0 Å². The van der Waals surface area contributed by atoms with Gasteiger partial charge < -0.3 is 15.2 Å². The number of phenolic OH excluding ortho intramolecular Hbond substituents is 1. The number of aromatic hydroxyl groups is 1. The minimum absolute atomic E-state index is 0.0845. The van der Waals surface area contributed by atoms with Crippen LogP contribution in [0.15, 0.2) is 65.3 Å². The van der Waals surface area contributed by atoms with Gasteiger partial charge in [-0.05, 0) is 42.5 Å². The highest BCUT2D eigenvalue weighted by Gasteiger charge is 2.10. The SMILES string of the molecule is O=C(Nc1cccc(O)c1)c1ccn(COc2ccc(Br)cc2)n1. The van der Waals surface area contributed by atoms with Gasteiger partial charge in [0.15, 0.2) is 12.4 Å². The third-order valence-corrected chi connectivity index (χ3v) is 3.68. The number of benzene rings is 2. The topological polar surface area (TPSA) is 76.4 Å². The van der Waals surface area contributed by atoms with E-state index < -0.39 is 0 Å². The second-order valence-electron chi connectivity index (χ2n) is 4.97. The maximum Gasteiger partial charge on any atom is 0.276 e. The molecular formula is C17H14BrN3O3. The standard InChI is InChI=1S/C17H14BrN3O3/c18-12-4-6-15(7-5-12)24-11-21-9-8-16(20-21)17(23)19-13-2-1-3-14(22)10-13/h1-10,22H,11H2,(H,19,23). The van der Waals surface area contributed by atoms with Crippen molar-refractivity contribution in [2.75, 3.05) is 5.32 Å². The molecule has 6 nitrogen and oxygen atoms in total. The van der Waals surface area contributed by atoms with Crippen LogP contribution in [0.2, 0.25) is 0 Å². The largest absolute Gasteiger partial charge is 0.508 e. The lowest BCUT2D eigenvalue weighted by Crippen LogP contribution is -2.14. The van der Waals surface area contributed by atoms with Crippen molar-refractivity contribution in [1.82, 2.24) is 9.78 Å². The van der Waals surface area contributed by atoms with Gasteiger partial charge in [-0.1, -0.05) is 22.0 Å². The van der Waals surface area contributed by atoms with Crippen molar-refractivity contribution < 1.29 is 14.6 Å². The lowest BCUT2D eigenvalue weighted by molar-refractivity contribution is 0.102. The van der Waals surface area contributed by atoms with Gasteiger partial charge in [0, 0.05) is 22.4 Å². The van der Waals surface area contributed by atoms with Crippen LogP contribution in [0.25, 0.3) is 0 Å². The fourth-order valence-corrected chi connectivity index (χ4v) is 2.27. The van der Waals surface area contributed by atoms with E-state index in [0.717, 1.165) is 4.47 Å². The predicted molar refractivity (Wildman–Crippen MR) is 93.1 cm³/mol. The fraction of sp³-hybridized carbons (Fsp3) is 0.0588. The fourth-order valence-electron chi connectivity index (χ4n) is 2.00. The number of ether oxygens (including phenoxy) is 1. The Bertz CT molecular complexity index is 846. The molecular weight excluding hydrogens is 374 g/mol. The van der Waals surface area contributed by atoms with Crippen molar-refractivity contribution in [2.45, 2.75) is 6.73 Å². The monoisotopic (exact) mass is 387 g/mol. The zero-order valence-corrected chi connectivity index (χ0v) is 14.1. The summed E-state index contributed by atoms with van der Waals surface area (Å²) in [5, 5.41) is 16.2. The van der Waals surface area contributed by atoms with E-state index in [2.05, 4.69) is 26.3 Å². The Labute approximate surface area is 146 Å². The number of anilines is 1. The molecule has 2 aromatic carbocycles. The van der Waals surface area contributed by atoms with Crippen LogP contribution in [0.1, 0.15) is 10.5 Å². The normalized spacial score (nSPS) is 10.4. The van der Waals surface area contributed by atoms with Gasteiger partial charge in [-0.15, -0.1) is 0 Å². The number of amides is 1. The molecule has 1 amide bonds. The number of nitrogens with zero attached hydrogens (tertiary/aromatic N) is 2. The number of carbonyl (C=O) groups excluding carboxylic acids is 1. The van der Waals surface area contributed by atoms with E-state index >= 15 is 0 Å². The highest BCUT2D eigenvalue weighted by Crippen LogP contribution is 2.17. The first kappa shape index (κ1) is 16.1. The average Bonchev–Trinajstić information content (AvgIpc) is 3.03. The van der Waals surface area contributed by atoms with E-state index in [-0.39, 0.29) is 24.1 Å². The molecule has 0 radical (unpaired) electrons. The molecule has 1 heterocycles. The summed E-state index contributed by atoms with van der Waals surface area (Å²) in [6.45, 7) is 0.195. The van der Waals surface area contributed by atoms with E-state index in [4.69, 9.17) is 4.74 Å². The van der Waals surface area contributed by atoms with Crippen LogP contribution >= 0.6 is 15.9 Å². The van der Waals surface area contributed by atoms with Gasteiger partial charge in [-0.2, -0.15) is 5.10 Å². The van der Waals surface area contributed by atoms with Gasteiger partial charge >= 0.3 is 0 Å². The third kappa shape index (κ3) is 4.14. The number of aromatic nitrogens is 2. The van der Waals surface area contributed by atoms with Crippen LogP contribution in [-0.2, 0) is 6.73 Å². The molecule has 0 saturated carbocycles. The molecule has 3 aromatic rings. The summed E-state index contributed by atoms with van der Waals surface area (Å²) >= 11 is 3.36. The second kappa shape index (κ2) is 7.18. The first-order valence-corrected chi connectivity index (χ1v) is 7.92. The molecule has 0 bridgehead atoms. The van der Waals surface area contributed by atoms with Gasteiger partial charge in [-0.3, -0.25) is 4.79 Å². The molecule has 0 spiro atoms. The summed E-state index contributed by atoms with van der Waals surface area (Å²) in [5.41, 5.74) is 0.762. The molecule has 0 fully saturated rings. The zero-order valence-electron chi connectivity index (χ0n) is 12.5. The van der Waals surface area contributed by atoms with E-state index in [1.54, 1.807) is 24.4 Å². The highest BCUT2D eigenvalue weighted by atomic mass is 79.9. The highest BCUT2D eigenvalue weighted by molar-refractivity contribution is 9.10. The minimum Gasteiger partial charge on any atom is -0.508 e. The molecule has 0 aliphatic heterocycles. The van der Waals surface area contributed by atoms with Crippen LogP contribution in [0.3, 0.4) is 0 Å². The van der Waals surface area contributed by atoms with E-state index in [1.807, 2.05) is 24.3 Å². The number of halogens is 1. The zero-order chi connectivity index (χ0) is 16.9. The second-order valence-corrected chi connectivity index (χ2v) is 5.89. The molecule has 7 heteroatoms. The Morgan fingerprint density at radius 3 is 2.75 bits per heavy atom. The number of carbonyl (C=O) groups is 1. The first-order chi connectivity index (χ1) is 11.6. The average molecular weight is 388 g/mol. The first-order valence-electron chi connectivity index (χ1n) is 7.12. The van der Waals surface area contributed by atoms with Gasteiger partial charge in [0.1, 0.15) is 11.5 Å². The number of hydrogen-bond acceptors (Lipinski definition) is 4. The van der Waals surface area contributed by atoms with Crippen LogP contribution in [-0.4, -0.2) is 20.8 Å². The van der Waals surface area contributed by atoms with Gasteiger partial charge in [-0.25, -0.2) is 4.68 Å². The van der Waals surface area contributed by atoms with Gasteiger partial charge in [0.25, 0.3) is 5.91 Å². The molecule has 1 aromatic heterocycles. The smallest absolute Gasteiger partial charge is 0.276 e. The molecule has 0 aliphatic carbocycles. The Hall–Kier alpha value is -2.80. The summed E-state index contributed by atoms with van der Waals surface area (Å²) in [4.78, 5) is 12.1. The van der Waals surface area contributed by atoms with Crippen molar-refractivity contribution in [1.29, 1.82) is 0 Å². The molecule has 0 unspecified atom stereocenters. The van der Waals surface area contributed by atoms with Crippen LogP contribution in [0.4, 0.5) is 5.69 Å². The summed E-state index contributed by atoms with van der Waals surface area (Å²) in [6.07, 6.45) is 1.66. The molecule has 24 heavy (non-hydrogen) atoms. The Balaban J connectivity index is 1.60. The Kier molecular flexibility index (Phi) is 4.81. The third-order valence-electron chi connectivity index (χ3n) is 3.15. The molecule has 0 aliphatic rings. The van der Waals surface area contributed by atoms with Crippen LogP contribution < -0.4 is 10.1 Å². The molecule has 122 valence electrons. The summed E-state index contributed by atoms with van der Waals surface area (Å²) in [7, 11) is 0. The minimum atomic E-state index is -0.358. The number of hydrogen-bond donors (Lipinski definition) is 2. The quantitative estimate of drug-likeness (QED) is 0.700. The van der Waals surface area contributed by atoms with Gasteiger partial charge in [0.05, 0.1) is 0 Å². The molecule has 3 rings (SSSR count). The Morgan fingerprint density at radius 2 is 2.00 bits per heavy atom. The molecule has 0 atom stereocenters. The van der Waals surface area contributed by atoms with E-state index in [0.29, 0.717) is 11.4 Å². The number of nitrogens with one attached hydrogen (secondary N) is 1. The predicted octanol–water partition coefficient (Wildman–Crippen LogP) is 3.64. The molecule has 0 saturated heterocycles. The maximum absolute atomic E-state index is 12.1. The van der Waals surface area contributed by atoms with Crippen molar-refractivity contribution >= 4 is 27.5 Å². The van der Waals surface area contributed by atoms with Gasteiger partial charge in [0.2, 0.25) is 0 Å². The van der Waals surface area contributed by atoms with Crippen LogP contribution in [0.5, 0.6) is 11.5 Å². The number of phenols is 1. The van der Waals surface area contributed by atoms with Crippen molar-refractivity contribution in [2.24, 2.45) is 0 Å². The maximum atomic E-state index is 12.1. The lowest BCUT2D eigenvalue weighted by atomic mass is 10.3. The lowest BCUT2D eigenvalue weighted by Gasteiger charge is -2.06. The van der Waals surface area contributed by atoms with Crippen LogP contribution in [0, 0.1) is 0 Å². The molecule has 2 N–H and O–H groups in total. The summed E-state index contributed by atoms with van der Waals surface area (Å²) < 4.78 is 8.09. The van der Waals surface area contributed by atoms with E-state index in [9.17, 15) is 9.90 Å². The summed E-state index contributed by atoms with van der Waals surface area (Å²) in [5.74, 6) is 0.434. The summed E-state index contributed by atoms with van der Waals surface area (Å²) in [6, 6.07) is 15.4. The van der Waals surface area contributed by atoms with Crippen molar-refractivity contribution in [3.8, 4) is 11.5 Å².